The molecule has 19 heavy (non-hydrogen) atoms. The Labute approximate surface area is 112 Å². The first-order chi connectivity index (χ1) is 9.22. The normalized spacial score (nSPS) is 9.84. The lowest BCUT2D eigenvalue weighted by Gasteiger charge is -2.24. The van der Waals surface area contributed by atoms with E-state index in [0.717, 1.165) is 11.4 Å². The maximum Gasteiger partial charge on any atom is 0.0640 e. The summed E-state index contributed by atoms with van der Waals surface area (Å²) in [6.45, 7) is 0.615. The molecule has 0 bridgehead atoms. The second-order valence-corrected chi connectivity index (χ2v) is 4.21. The molecule has 0 fully saturated rings. The van der Waals surface area contributed by atoms with E-state index in [4.69, 9.17) is 16.7 Å². The zero-order valence-corrected chi connectivity index (χ0v) is 10.6. The molecule has 0 saturated heterocycles. The molecule has 4 nitrogen and oxygen atoms in total. The number of benzene rings is 2. The van der Waals surface area contributed by atoms with Gasteiger partial charge in [-0.3, -0.25) is 0 Å². The third-order valence-corrected chi connectivity index (χ3v) is 2.90. The molecule has 0 saturated carbocycles. The summed E-state index contributed by atoms with van der Waals surface area (Å²) >= 11 is 0. The predicted octanol–water partition coefficient (Wildman–Crippen LogP) is 2.90. The van der Waals surface area contributed by atoms with Crippen LogP contribution >= 0.6 is 0 Å². The molecular formula is C15H16N4. The smallest absolute Gasteiger partial charge is 0.0640 e. The summed E-state index contributed by atoms with van der Waals surface area (Å²) in [5.41, 5.74) is 14.7. The number of hydrogen-bond donors (Lipinski definition) is 2. The van der Waals surface area contributed by atoms with Crippen LogP contribution < -0.4 is 16.4 Å². The van der Waals surface area contributed by atoms with E-state index in [1.54, 1.807) is 6.07 Å². The molecule has 0 unspecified atom stereocenters. The average Bonchev–Trinajstić information content (AvgIpc) is 2.44. The van der Waals surface area contributed by atoms with E-state index in [1.165, 1.54) is 0 Å². The van der Waals surface area contributed by atoms with E-state index in [2.05, 4.69) is 11.0 Å². The van der Waals surface area contributed by atoms with Gasteiger partial charge in [0.25, 0.3) is 0 Å². The van der Waals surface area contributed by atoms with Crippen LogP contribution in [0.1, 0.15) is 6.42 Å². The minimum absolute atomic E-state index is 0.444. The Kier molecular flexibility index (Phi) is 3.89. The lowest BCUT2D eigenvalue weighted by atomic mass is 10.2. The lowest BCUT2D eigenvalue weighted by Crippen LogP contribution is -2.18. The second kappa shape index (κ2) is 5.78. The molecule has 4 N–H and O–H groups in total. The highest BCUT2D eigenvalue weighted by molar-refractivity contribution is 5.73. The molecule has 0 aromatic heterocycles. The monoisotopic (exact) mass is 252 g/mol. The van der Waals surface area contributed by atoms with Crippen LogP contribution in [-0.2, 0) is 0 Å². The van der Waals surface area contributed by atoms with Crippen LogP contribution in [0, 0.1) is 11.3 Å². The highest BCUT2D eigenvalue weighted by Crippen LogP contribution is 2.29. The highest BCUT2D eigenvalue weighted by Gasteiger charge is 2.09. The van der Waals surface area contributed by atoms with Crippen LogP contribution in [-0.4, -0.2) is 6.54 Å². The van der Waals surface area contributed by atoms with Crippen LogP contribution in [0.5, 0.6) is 0 Å². The van der Waals surface area contributed by atoms with Crippen LogP contribution in [0.4, 0.5) is 22.7 Å². The summed E-state index contributed by atoms with van der Waals surface area (Å²) in [4.78, 5) is 2.05. The van der Waals surface area contributed by atoms with Crippen molar-refractivity contribution >= 4 is 22.7 Å². The van der Waals surface area contributed by atoms with Crippen LogP contribution in [0.2, 0.25) is 0 Å². The Morgan fingerprint density at radius 1 is 0.947 bits per heavy atom. The van der Waals surface area contributed by atoms with Gasteiger partial charge in [0.2, 0.25) is 0 Å². The molecule has 0 aliphatic carbocycles. The number of nitriles is 1. The van der Waals surface area contributed by atoms with E-state index in [9.17, 15) is 0 Å². The topological polar surface area (TPSA) is 79.1 Å². The fraction of sp³-hybridized carbons (Fsp3) is 0.133. The first-order valence-electron chi connectivity index (χ1n) is 6.07. The summed E-state index contributed by atoms with van der Waals surface area (Å²) in [5, 5.41) is 8.79. The summed E-state index contributed by atoms with van der Waals surface area (Å²) in [6, 6.07) is 17.6. The molecule has 0 spiro atoms. The molecule has 0 radical (unpaired) electrons. The molecule has 0 atom stereocenters. The standard InChI is InChI=1S/C15H16N4/c16-9-4-10-19(12-5-2-1-3-6-12)13-7-8-14(17)15(18)11-13/h1-3,5-8,11H,4,10,17-18H2. The largest absolute Gasteiger partial charge is 0.397 e. The number of hydrogen-bond acceptors (Lipinski definition) is 4. The first-order valence-corrected chi connectivity index (χ1v) is 6.07. The van der Waals surface area contributed by atoms with Gasteiger partial charge in [-0.2, -0.15) is 5.26 Å². The van der Waals surface area contributed by atoms with Gasteiger partial charge < -0.3 is 16.4 Å². The average molecular weight is 252 g/mol. The minimum atomic E-state index is 0.444. The van der Waals surface area contributed by atoms with Gasteiger partial charge in [-0.25, -0.2) is 0 Å². The van der Waals surface area contributed by atoms with E-state index in [1.807, 2.05) is 42.5 Å². The molecule has 2 rings (SSSR count). The Hall–Kier alpha value is -2.67. The van der Waals surface area contributed by atoms with Crippen molar-refractivity contribution in [3.05, 3.63) is 48.5 Å². The molecular weight excluding hydrogens is 236 g/mol. The predicted molar refractivity (Wildman–Crippen MR) is 78.9 cm³/mol. The number of nitrogen functional groups attached to an aromatic ring is 2. The summed E-state index contributed by atoms with van der Waals surface area (Å²) in [5.74, 6) is 0. The molecule has 4 heteroatoms. The van der Waals surface area contributed by atoms with Gasteiger partial charge in [0.1, 0.15) is 0 Å². The maximum atomic E-state index is 8.79. The number of anilines is 4. The molecule has 0 aliphatic heterocycles. The third-order valence-electron chi connectivity index (χ3n) is 2.90. The molecule has 0 amide bonds. The minimum Gasteiger partial charge on any atom is -0.397 e. The second-order valence-electron chi connectivity index (χ2n) is 4.21. The quantitative estimate of drug-likeness (QED) is 0.820. The Balaban J connectivity index is 2.37. The molecule has 0 aliphatic rings. The van der Waals surface area contributed by atoms with Crippen molar-refractivity contribution in [3.63, 3.8) is 0 Å². The van der Waals surface area contributed by atoms with Gasteiger partial charge in [0, 0.05) is 17.9 Å². The highest BCUT2D eigenvalue weighted by atomic mass is 15.1. The van der Waals surface area contributed by atoms with E-state index in [-0.39, 0.29) is 0 Å². The fourth-order valence-electron chi connectivity index (χ4n) is 1.91. The van der Waals surface area contributed by atoms with Gasteiger partial charge in [-0.15, -0.1) is 0 Å². The third kappa shape index (κ3) is 2.96. The molecule has 96 valence electrons. The fourth-order valence-corrected chi connectivity index (χ4v) is 1.91. The number of rotatable bonds is 4. The van der Waals surface area contributed by atoms with Gasteiger partial charge in [-0.1, -0.05) is 18.2 Å². The van der Waals surface area contributed by atoms with Gasteiger partial charge in [0.15, 0.2) is 0 Å². The van der Waals surface area contributed by atoms with Crippen molar-refractivity contribution in [2.75, 3.05) is 22.9 Å². The SMILES string of the molecule is N#CCCN(c1ccccc1)c1ccc(N)c(N)c1. The maximum absolute atomic E-state index is 8.79. The zero-order valence-electron chi connectivity index (χ0n) is 10.6. The lowest BCUT2D eigenvalue weighted by molar-refractivity contribution is 0.948. The van der Waals surface area contributed by atoms with Crippen molar-refractivity contribution < 1.29 is 0 Å². The van der Waals surface area contributed by atoms with Gasteiger partial charge in [0.05, 0.1) is 23.9 Å². The number of para-hydroxylation sites is 1. The van der Waals surface area contributed by atoms with Crippen molar-refractivity contribution in [1.29, 1.82) is 5.26 Å². The van der Waals surface area contributed by atoms with Crippen LogP contribution in [0.3, 0.4) is 0 Å². The van der Waals surface area contributed by atoms with Crippen molar-refractivity contribution in [2.45, 2.75) is 6.42 Å². The van der Waals surface area contributed by atoms with E-state index >= 15 is 0 Å². The summed E-state index contributed by atoms with van der Waals surface area (Å²) in [7, 11) is 0. The van der Waals surface area contributed by atoms with Gasteiger partial charge >= 0.3 is 0 Å². The van der Waals surface area contributed by atoms with E-state index in [0.29, 0.717) is 24.3 Å². The van der Waals surface area contributed by atoms with Gasteiger partial charge in [-0.05, 0) is 30.3 Å². The van der Waals surface area contributed by atoms with E-state index < -0.39 is 0 Å². The molecule has 2 aromatic rings. The van der Waals surface area contributed by atoms with Crippen LogP contribution in [0.25, 0.3) is 0 Å². The van der Waals surface area contributed by atoms with Crippen LogP contribution in [0.15, 0.2) is 48.5 Å². The molecule has 0 heterocycles. The Morgan fingerprint density at radius 2 is 1.68 bits per heavy atom. The summed E-state index contributed by atoms with van der Waals surface area (Å²) < 4.78 is 0. The first kappa shape index (κ1) is 12.8. The van der Waals surface area contributed by atoms with Crippen molar-refractivity contribution in [1.82, 2.24) is 0 Å². The Morgan fingerprint density at radius 3 is 2.32 bits per heavy atom. The summed E-state index contributed by atoms with van der Waals surface area (Å²) in [6.07, 6.45) is 0.444. The Bertz CT molecular complexity index is 587. The molecule has 2 aromatic carbocycles. The van der Waals surface area contributed by atoms with Crippen molar-refractivity contribution in [3.8, 4) is 6.07 Å². The zero-order chi connectivity index (χ0) is 13.7. The number of nitrogens with zero attached hydrogens (tertiary/aromatic N) is 2. The number of nitrogens with two attached hydrogens (primary N) is 2. The van der Waals surface area contributed by atoms with Crippen molar-refractivity contribution in [2.24, 2.45) is 0 Å².